The third-order valence-corrected chi connectivity index (χ3v) is 3.01. The number of hydrogen-bond acceptors (Lipinski definition) is 5. The van der Waals surface area contributed by atoms with Crippen LogP contribution in [0.1, 0.15) is 11.8 Å². The molecular formula is C16H13ClN2O3. The SMILES string of the molecule is Clc1cccc(OCc2nnc(COc3ccccc3)o2)c1. The van der Waals surface area contributed by atoms with Crippen molar-refractivity contribution in [1.29, 1.82) is 0 Å². The maximum absolute atomic E-state index is 5.88. The average Bonchev–Trinajstić information content (AvgIpc) is 3.00. The van der Waals surface area contributed by atoms with Crippen LogP contribution in [0.15, 0.2) is 59.0 Å². The van der Waals surface area contributed by atoms with E-state index in [0.717, 1.165) is 5.75 Å². The van der Waals surface area contributed by atoms with Gasteiger partial charge in [-0.05, 0) is 30.3 Å². The number of benzene rings is 2. The van der Waals surface area contributed by atoms with Crippen LogP contribution in [0, 0.1) is 0 Å². The molecule has 0 fully saturated rings. The lowest BCUT2D eigenvalue weighted by Crippen LogP contribution is -1.95. The summed E-state index contributed by atoms with van der Waals surface area (Å²) in [5.41, 5.74) is 0. The van der Waals surface area contributed by atoms with E-state index in [-0.39, 0.29) is 13.2 Å². The Kier molecular flexibility index (Phi) is 4.56. The lowest BCUT2D eigenvalue weighted by atomic mass is 10.3. The van der Waals surface area contributed by atoms with E-state index < -0.39 is 0 Å². The smallest absolute Gasteiger partial charge is 0.254 e. The van der Waals surface area contributed by atoms with Crippen molar-refractivity contribution in [3.8, 4) is 11.5 Å². The number of ether oxygens (including phenoxy) is 2. The molecule has 22 heavy (non-hydrogen) atoms. The van der Waals surface area contributed by atoms with E-state index in [0.29, 0.717) is 22.6 Å². The molecule has 0 aliphatic rings. The Morgan fingerprint density at radius 3 is 2.14 bits per heavy atom. The summed E-state index contributed by atoms with van der Waals surface area (Å²) in [7, 11) is 0. The summed E-state index contributed by atoms with van der Waals surface area (Å²) in [5.74, 6) is 2.17. The average molecular weight is 317 g/mol. The zero-order valence-electron chi connectivity index (χ0n) is 11.6. The van der Waals surface area contributed by atoms with Crippen LogP contribution in [0.2, 0.25) is 5.02 Å². The van der Waals surface area contributed by atoms with Crippen molar-refractivity contribution in [3.63, 3.8) is 0 Å². The van der Waals surface area contributed by atoms with Crippen molar-refractivity contribution in [1.82, 2.24) is 10.2 Å². The minimum absolute atomic E-state index is 0.179. The van der Waals surface area contributed by atoms with Crippen LogP contribution in [0.5, 0.6) is 11.5 Å². The van der Waals surface area contributed by atoms with Crippen molar-refractivity contribution in [3.05, 3.63) is 71.4 Å². The molecule has 0 spiro atoms. The van der Waals surface area contributed by atoms with Crippen LogP contribution < -0.4 is 9.47 Å². The topological polar surface area (TPSA) is 57.4 Å². The molecule has 0 radical (unpaired) electrons. The van der Waals surface area contributed by atoms with E-state index in [4.69, 9.17) is 25.5 Å². The highest BCUT2D eigenvalue weighted by Gasteiger charge is 2.07. The molecule has 0 aliphatic carbocycles. The van der Waals surface area contributed by atoms with Crippen molar-refractivity contribution in [2.75, 3.05) is 0 Å². The summed E-state index contributed by atoms with van der Waals surface area (Å²) in [6, 6.07) is 16.6. The largest absolute Gasteiger partial charge is 0.484 e. The van der Waals surface area contributed by atoms with E-state index in [9.17, 15) is 0 Å². The number of para-hydroxylation sites is 1. The molecule has 0 bridgehead atoms. The zero-order chi connectivity index (χ0) is 15.2. The quantitative estimate of drug-likeness (QED) is 0.690. The lowest BCUT2D eigenvalue weighted by molar-refractivity contribution is 0.232. The Labute approximate surface area is 132 Å². The Morgan fingerprint density at radius 1 is 0.818 bits per heavy atom. The summed E-state index contributed by atoms with van der Waals surface area (Å²) in [6.45, 7) is 0.396. The normalized spacial score (nSPS) is 10.4. The first-order chi connectivity index (χ1) is 10.8. The molecule has 5 nitrogen and oxygen atoms in total. The third-order valence-electron chi connectivity index (χ3n) is 2.77. The molecule has 2 aromatic carbocycles. The molecule has 0 amide bonds. The Morgan fingerprint density at radius 2 is 1.45 bits per heavy atom. The highest BCUT2D eigenvalue weighted by molar-refractivity contribution is 6.30. The number of rotatable bonds is 6. The van der Waals surface area contributed by atoms with Gasteiger partial charge in [0.2, 0.25) is 0 Å². The molecule has 0 atom stereocenters. The van der Waals surface area contributed by atoms with Gasteiger partial charge in [-0.15, -0.1) is 10.2 Å². The summed E-state index contributed by atoms with van der Waals surface area (Å²) >= 11 is 5.88. The van der Waals surface area contributed by atoms with Gasteiger partial charge in [-0.2, -0.15) is 0 Å². The van der Waals surface area contributed by atoms with Gasteiger partial charge >= 0.3 is 0 Å². The highest BCUT2D eigenvalue weighted by Crippen LogP contribution is 2.18. The van der Waals surface area contributed by atoms with Gasteiger partial charge in [0, 0.05) is 5.02 Å². The van der Waals surface area contributed by atoms with Gasteiger partial charge in [-0.25, -0.2) is 0 Å². The second-order valence-corrected chi connectivity index (χ2v) is 4.87. The van der Waals surface area contributed by atoms with Gasteiger partial charge in [0.25, 0.3) is 11.8 Å². The molecule has 0 N–H and O–H groups in total. The fraction of sp³-hybridized carbons (Fsp3) is 0.125. The molecular weight excluding hydrogens is 304 g/mol. The first kappa shape index (κ1) is 14.4. The van der Waals surface area contributed by atoms with Crippen LogP contribution in [0.4, 0.5) is 0 Å². The first-order valence-corrected chi connectivity index (χ1v) is 7.05. The molecule has 0 aliphatic heterocycles. The highest BCUT2D eigenvalue weighted by atomic mass is 35.5. The monoisotopic (exact) mass is 316 g/mol. The molecule has 0 unspecified atom stereocenters. The summed E-state index contributed by atoms with van der Waals surface area (Å²) in [4.78, 5) is 0. The maximum atomic E-state index is 5.88. The maximum Gasteiger partial charge on any atom is 0.254 e. The van der Waals surface area contributed by atoms with E-state index >= 15 is 0 Å². The Balaban J connectivity index is 1.53. The molecule has 0 saturated carbocycles. The van der Waals surface area contributed by atoms with Gasteiger partial charge in [0.1, 0.15) is 11.5 Å². The molecule has 1 heterocycles. The van der Waals surface area contributed by atoms with Crippen LogP contribution in [0.25, 0.3) is 0 Å². The molecule has 6 heteroatoms. The van der Waals surface area contributed by atoms with E-state index in [1.54, 1.807) is 12.1 Å². The molecule has 3 aromatic rings. The van der Waals surface area contributed by atoms with Gasteiger partial charge < -0.3 is 13.9 Å². The number of aromatic nitrogens is 2. The van der Waals surface area contributed by atoms with E-state index in [1.807, 2.05) is 42.5 Å². The number of hydrogen-bond donors (Lipinski definition) is 0. The summed E-state index contributed by atoms with van der Waals surface area (Å²) < 4.78 is 16.5. The summed E-state index contributed by atoms with van der Waals surface area (Å²) in [5, 5.41) is 8.44. The molecule has 1 aromatic heterocycles. The van der Waals surface area contributed by atoms with E-state index in [2.05, 4.69) is 10.2 Å². The predicted octanol–water partition coefficient (Wildman–Crippen LogP) is 3.88. The van der Waals surface area contributed by atoms with Crippen molar-refractivity contribution in [2.24, 2.45) is 0 Å². The van der Waals surface area contributed by atoms with Gasteiger partial charge in [0.15, 0.2) is 13.2 Å². The van der Waals surface area contributed by atoms with Gasteiger partial charge in [-0.3, -0.25) is 0 Å². The Bertz CT molecular complexity index is 731. The second-order valence-electron chi connectivity index (χ2n) is 4.44. The molecule has 0 saturated heterocycles. The second kappa shape index (κ2) is 6.95. The standard InChI is InChI=1S/C16H13ClN2O3/c17-12-5-4-8-14(9-12)21-11-16-19-18-15(22-16)10-20-13-6-2-1-3-7-13/h1-9H,10-11H2. The molecule has 112 valence electrons. The van der Waals surface area contributed by atoms with Gasteiger partial charge in [-0.1, -0.05) is 35.9 Å². The van der Waals surface area contributed by atoms with Crippen LogP contribution in [-0.2, 0) is 13.2 Å². The minimum atomic E-state index is 0.179. The third kappa shape index (κ3) is 3.99. The molecule has 3 rings (SSSR count). The van der Waals surface area contributed by atoms with E-state index in [1.165, 1.54) is 0 Å². The van der Waals surface area contributed by atoms with Crippen molar-refractivity contribution >= 4 is 11.6 Å². The predicted molar refractivity (Wildman–Crippen MR) is 80.9 cm³/mol. The van der Waals surface area contributed by atoms with Crippen molar-refractivity contribution < 1.29 is 13.9 Å². The lowest BCUT2D eigenvalue weighted by Gasteiger charge is -2.03. The fourth-order valence-corrected chi connectivity index (χ4v) is 1.95. The van der Waals surface area contributed by atoms with Crippen molar-refractivity contribution in [2.45, 2.75) is 13.2 Å². The van der Waals surface area contributed by atoms with Crippen LogP contribution in [0.3, 0.4) is 0 Å². The number of halogens is 1. The first-order valence-electron chi connectivity index (χ1n) is 6.67. The van der Waals surface area contributed by atoms with Crippen LogP contribution in [-0.4, -0.2) is 10.2 Å². The zero-order valence-corrected chi connectivity index (χ0v) is 12.4. The summed E-state index contributed by atoms with van der Waals surface area (Å²) in [6.07, 6.45) is 0. The number of nitrogens with zero attached hydrogens (tertiary/aromatic N) is 2. The Hall–Kier alpha value is -2.53. The van der Waals surface area contributed by atoms with Gasteiger partial charge in [0.05, 0.1) is 0 Å². The van der Waals surface area contributed by atoms with Crippen LogP contribution >= 0.6 is 11.6 Å². The fourth-order valence-electron chi connectivity index (χ4n) is 1.77. The minimum Gasteiger partial charge on any atom is -0.484 e.